The Bertz CT molecular complexity index is 956. The summed E-state index contributed by atoms with van der Waals surface area (Å²) in [6.45, 7) is 3.89. The fraction of sp³-hybridized carbons (Fsp3) is 0.560. The minimum Gasteiger partial charge on any atom is -0.508 e. The molecular weight excluding hydrogens is 496 g/mol. The van der Waals surface area contributed by atoms with E-state index in [2.05, 4.69) is 16.0 Å². The number of hydrogen-bond donors (Lipinski definition) is 8. The second kappa shape index (κ2) is 16.2. The van der Waals surface area contributed by atoms with Crippen LogP contribution in [0.2, 0.25) is 0 Å². The molecule has 38 heavy (non-hydrogen) atoms. The van der Waals surface area contributed by atoms with Gasteiger partial charge >= 0.3 is 5.97 Å². The first-order valence-corrected chi connectivity index (χ1v) is 12.5. The van der Waals surface area contributed by atoms with Crippen LogP contribution in [0.1, 0.15) is 51.5 Å². The number of benzene rings is 1. The monoisotopic (exact) mass is 536 g/mol. The second-order valence-electron chi connectivity index (χ2n) is 9.26. The molecule has 0 radical (unpaired) electrons. The van der Waals surface area contributed by atoms with Gasteiger partial charge in [0, 0.05) is 0 Å². The van der Waals surface area contributed by atoms with Gasteiger partial charge in [-0.2, -0.15) is 0 Å². The maximum atomic E-state index is 13.2. The molecule has 4 amide bonds. The van der Waals surface area contributed by atoms with E-state index in [1.54, 1.807) is 26.0 Å². The first-order valence-electron chi connectivity index (χ1n) is 12.5. The Morgan fingerprint density at radius 2 is 1.53 bits per heavy atom. The van der Waals surface area contributed by atoms with Crippen LogP contribution in [-0.4, -0.2) is 70.5 Å². The maximum Gasteiger partial charge on any atom is 0.326 e. The van der Waals surface area contributed by atoms with Crippen molar-refractivity contribution in [3.05, 3.63) is 29.8 Å². The van der Waals surface area contributed by atoms with Crippen LogP contribution in [0.25, 0.3) is 0 Å². The highest BCUT2D eigenvalue weighted by atomic mass is 16.4. The first-order chi connectivity index (χ1) is 17.9. The fourth-order valence-electron chi connectivity index (χ4n) is 3.64. The summed E-state index contributed by atoms with van der Waals surface area (Å²) in [5.74, 6) is -4.72. The van der Waals surface area contributed by atoms with Crippen molar-refractivity contribution in [2.24, 2.45) is 23.1 Å². The van der Waals surface area contributed by atoms with Gasteiger partial charge in [0.1, 0.15) is 23.9 Å². The number of primary amides is 1. The molecule has 0 heterocycles. The van der Waals surface area contributed by atoms with Gasteiger partial charge < -0.3 is 43.4 Å². The fourth-order valence-corrected chi connectivity index (χ4v) is 3.64. The molecule has 5 atom stereocenters. The molecule has 0 saturated heterocycles. The summed E-state index contributed by atoms with van der Waals surface area (Å²) < 4.78 is 0. The summed E-state index contributed by atoms with van der Waals surface area (Å²) >= 11 is 0. The highest BCUT2D eigenvalue weighted by molar-refractivity contribution is 5.96. The van der Waals surface area contributed by atoms with Crippen molar-refractivity contribution in [1.82, 2.24) is 16.0 Å². The molecule has 11 N–H and O–H groups in total. The van der Waals surface area contributed by atoms with Crippen LogP contribution in [0.15, 0.2) is 24.3 Å². The Kier molecular flexibility index (Phi) is 13.8. The molecule has 13 nitrogen and oxygen atoms in total. The minimum atomic E-state index is -1.45. The molecule has 0 bridgehead atoms. The van der Waals surface area contributed by atoms with E-state index < -0.39 is 60.2 Å². The predicted molar refractivity (Wildman–Crippen MR) is 139 cm³/mol. The third-order valence-corrected chi connectivity index (χ3v) is 6.12. The number of hydrogen-bond acceptors (Lipinski definition) is 8. The summed E-state index contributed by atoms with van der Waals surface area (Å²) in [6.07, 6.45) is 1.18. The van der Waals surface area contributed by atoms with Crippen molar-refractivity contribution in [2.45, 2.75) is 76.5 Å². The highest BCUT2D eigenvalue weighted by Crippen LogP contribution is 2.13. The average molecular weight is 537 g/mol. The van der Waals surface area contributed by atoms with Crippen LogP contribution in [0, 0.1) is 5.92 Å². The number of carbonyl (C=O) groups is 5. The van der Waals surface area contributed by atoms with Gasteiger partial charge in [0.05, 0.1) is 12.5 Å². The number of nitrogens with two attached hydrogens (primary N) is 3. The topological polar surface area (TPSA) is 240 Å². The van der Waals surface area contributed by atoms with E-state index in [-0.39, 0.29) is 24.5 Å². The molecule has 0 aliphatic heterocycles. The third kappa shape index (κ3) is 11.1. The quantitative estimate of drug-likeness (QED) is 0.112. The Labute approximate surface area is 221 Å². The number of carboxylic acid groups (broad SMARTS) is 1. The van der Waals surface area contributed by atoms with Crippen molar-refractivity contribution in [3.63, 3.8) is 0 Å². The van der Waals surface area contributed by atoms with Crippen LogP contribution in [0.3, 0.4) is 0 Å². The normalized spacial score (nSPS) is 14.8. The van der Waals surface area contributed by atoms with Crippen LogP contribution in [-0.2, 0) is 30.4 Å². The number of phenolic OH excluding ortho intramolecular Hbond substituents is 1. The number of phenols is 1. The maximum absolute atomic E-state index is 13.2. The summed E-state index contributed by atoms with van der Waals surface area (Å²) in [7, 11) is 0. The number of unbranched alkanes of at least 4 members (excludes halogenated alkanes) is 1. The number of aliphatic carboxylic acids is 1. The van der Waals surface area contributed by atoms with Crippen LogP contribution < -0.4 is 33.2 Å². The van der Waals surface area contributed by atoms with Crippen molar-refractivity contribution in [1.29, 1.82) is 0 Å². The number of nitrogens with one attached hydrogen (secondary N) is 3. The molecule has 5 unspecified atom stereocenters. The van der Waals surface area contributed by atoms with Gasteiger partial charge in [-0.25, -0.2) is 4.79 Å². The second-order valence-corrected chi connectivity index (χ2v) is 9.26. The lowest BCUT2D eigenvalue weighted by molar-refractivity contribution is -0.142. The number of carboxylic acids is 1. The smallest absolute Gasteiger partial charge is 0.326 e. The van der Waals surface area contributed by atoms with Crippen molar-refractivity contribution >= 4 is 29.6 Å². The molecule has 13 heteroatoms. The van der Waals surface area contributed by atoms with E-state index in [9.17, 15) is 34.2 Å². The van der Waals surface area contributed by atoms with E-state index in [0.29, 0.717) is 31.4 Å². The van der Waals surface area contributed by atoms with Crippen molar-refractivity contribution < 1.29 is 34.2 Å². The van der Waals surface area contributed by atoms with Crippen molar-refractivity contribution in [2.75, 3.05) is 6.54 Å². The SMILES string of the molecule is CCC(C)C(NC(=O)C(N)Cc1ccc(O)cc1)C(=O)NC(CC(N)=O)C(=O)NC(CCCCN)C(=O)O. The highest BCUT2D eigenvalue weighted by Gasteiger charge is 2.33. The molecule has 0 saturated carbocycles. The summed E-state index contributed by atoms with van der Waals surface area (Å²) in [4.78, 5) is 62.0. The summed E-state index contributed by atoms with van der Waals surface area (Å²) in [6, 6.07) is 1.37. The molecule has 0 spiro atoms. The van der Waals surface area contributed by atoms with E-state index in [4.69, 9.17) is 17.2 Å². The van der Waals surface area contributed by atoms with Gasteiger partial charge in [0.25, 0.3) is 0 Å². The van der Waals surface area contributed by atoms with Crippen LogP contribution in [0.4, 0.5) is 0 Å². The molecule has 1 aromatic carbocycles. The van der Waals surface area contributed by atoms with E-state index in [0.717, 1.165) is 0 Å². The molecule has 0 fully saturated rings. The Hall–Kier alpha value is -3.71. The summed E-state index contributed by atoms with van der Waals surface area (Å²) in [5, 5.41) is 26.2. The summed E-state index contributed by atoms with van der Waals surface area (Å²) in [5.41, 5.74) is 17.4. The lowest BCUT2D eigenvalue weighted by atomic mass is 9.96. The lowest BCUT2D eigenvalue weighted by Crippen LogP contribution is -2.59. The van der Waals surface area contributed by atoms with E-state index >= 15 is 0 Å². The molecule has 1 rings (SSSR count). The number of carbonyl (C=O) groups excluding carboxylic acids is 4. The number of amides is 4. The standard InChI is InChI=1S/C25H40N6O7/c1-3-14(2)21(31-22(34)17(27)12-15-7-9-16(32)10-8-15)24(36)30-19(13-20(28)33)23(35)29-18(25(37)38)6-4-5-11-26/h7-10,14,17-19,21,32H,3-6,11-13,26-27H2,1-2H3,(H2,28,33)(H,29,35)(H,30,36)(H,31,34)(H,37,38). The first kappa shape index (κ1) is 32.3. The zero-order valence-corrected chi connectivity index (χ0v) is 21.8. The molecule has 0 aromatic heterocycles. The third-order valence-electron chi connectivity index (χ3n) is 6.12. The minimum absolute atomic E-state index is 0.0695. The molecule has 0 aliphatic carbocycles. The van der Waals surface area contributed by atoms with Gasteiger partial charge in [-0.05, 0) is 55.8 Å². The molecule has 1 aromatic rings. The van der Waals surface area contributed by atoms with E-state index in [1.807, 2.05) is 0 Å². The average Bonchev–Trinajstić information content (AvgIpc) is 2.86. The zero-order chi connectivity index (χ0) is 28.8. The largest absolute Gasteiger partial charge is 0.508 e. The van der Waals surface area contributed by atoms with Gasteiger partial charge in [0.2, 0.25) is 23.6 Å². The van der Waals surface area contributed by atoms with Crippen LogP contribution >= 0.6 is 0 Å². The lowest BCUT2D eigenvalue weighted by Gasteiger charge is -2.27. The van der Waals surface area contributed by atoms with Crippen LogP contribution in [0.5, 0.6) is 5.75 Å². The van der Waals surface area contributed by atoms with Gasteiger partial charge in [-0.1, -0.05) is 32.4 Å². The van der Waals surface area contributed by atoms with E-state index in [1.165, 1.54) is 12.1 Å². The Balaban J connectivity index is 2.97. The van der Waals surface area contributed by atoms with Crippen molar-refractivity contribution in [3.8, 4) is 5.75 Å². The molecule has 212 valence electrons. The number of aromatic hydroxyl groups is 1. The number of rotatable bonds is 17. The Morgan fingerprint density at radius 3 is 2.05 bits per heavy atom. The van der Waals surface area contributed by atoms with Gasteiger partial charge in [-0.15, -0.1) is 0 Å². The van der Waals surface area contributed by atoms with Gasteiger partial charge in [0.15, 0.2) is 0 Å². The molecule has 0 aliphatic rings. The molecular formula is C25H40N6O7. The Morgan fingerprint density at radius 1 is 0.921 bits per heavy atom. The predicted octanol–water partition coefficient (Wildman–Crippen LogP) is -1.15. The zero-order valence-electron chi connectivity index (χ0n) is 21.8. The van der Waals surface area contributed by atoms with Gasteiger partial charge in [-0.3, -0.25) is 19.2 Å².